The smallest absolute Gasteiger partial charge is 0.162 e. The van der Waals surface area contributed by atoms with Crippen LogP contribution in [0.2, 0.25) is 0 Å². The molecule has 0 aromatic carbocycles. The van der Waals surface area contributed by atoms with Gasteiger partial charge >= 0.3 is 0 Å². The van der Waals surface area contributed by atoms with Gasteiger partial charge in [-0.3, -0.25) is 0 Å². The van der Waals surface area contributed by atoms with E-state index in [1.54, 1.807) is 6.07 Å². The quantitative estimate of drug-likeness (QED) is 0.648. The first-order valence-electron chi connectivity index (χ1n) is 3.36. The minimum absolute atomic E-state index is 0.0686. The van der Waals surface area contributed by atoms with E-state index in [4.69, 9.17) is 5.11 Å². The summed E-state index contributed by atoms with van der Waals surface area (Å²) in [7, 11) is 0. The molecule has 0 aliphatic carbocycles. The maximum absolute atomic E-state index is 8.42. The Bertz CT molecular complexity index is 172. The first-order chi connectivity index (χ1) is 4.83. The van der Waals surface area contributed by atoms with Gasteiger partial charge in [-0.05, 0) is 6.92 Å². The Hall–Kier alpha value is -0.830. The molecule has 58 valence electrons. The molecule has 1 heterocycles. The van der Waals surface area contributed by atoms with E-state index in [0.29, 0.717) is 5.76 Å². The normalized spacial score (nSPS) is 8.40. The number of aliphatic hydroxyl groups excluding tert-OH is 1. The molecule has 0 saturated carbocycles. The second kappa shape index (κ2) is 4.99. The molecule has 0 unspecified atom stereocenters. The van der Waals surface area contributed by atoms with Gasteiger partial charge in [0.25, 0.3) is 0 Å². The van der Waals surface area contributed by atoms with Crippen LogP contribution in [0.5, 0.6) is 0 Å². The summed E-state index contributed by atoms with van der Waals surface area (Å²) in [4.78, 5) is 0. The van der Waals surface area contributed by atoms with E-state index in [-0.39, 0.29) is 6.61 Å². The van der Waals surface area contributed by atoms with Crippen LogP contribution in [0, 0.1) is 6.92 Å². The van der Waals surface area contributed by atoms with Gasteiger partial charge in [-0.15, -0.1) is 0 Å². The van der Waals surface area contributed by atoms with Crippen molar-refractivity contribution in [1.29, 1.82) is 0 Å². The van der Waals surface area contributed by atoms with Crippen molar-refractivity contribution in [2.75, 3.05) is 0 Å². The first kappa shape index (κ1) is 9.17. The third-order valence-corrected chi connectivity index (χ3v) is 0.833. The zero-order valence-electron chi connectivity index (χ0n) is 6.59. The SMILES string of the molecule is CC.Cc1cc(CO)on1. The molecule has 0 spiro atoms. The van der Waals surface area contributed by atoms with Crippen molar-refractivity contribution in [2.24, 2.45) is 0 Å². The van der Waals surface area contributed by atoms with E-state index in [9.17, 15) is 0 Å². The maximum Gasteiger partial charge on any atom is 0.162 e. The van der Waals surface area contributed by atoms with Gasteiger partial charge in [0.1, 0.15) is 6.61 Å². The molecular weight excluding hydrogens is 130 g/mol. The van der Waals surface area contributed by atoms with Crippen molar-refractivity contribution >= 4 is 0 Å². The van der Waals surface area contributed by atoms with Gasteiger partial charge in [0.15, 0.2) is 5.76 Å². The van der Waals surface area contributed by atoms with Crippen LogP contribution in [0.1, 0.15) is 25.3 Å². The van der Waals surface area contributed by atoms with Gasteiger partial charge < -0.3 is 9.63 Å². The summed E-state index contributed by atoms with van der Waals surface area (Å²) in [5, 5.41) is 12.0. The summed E-state index contributed by atoms with van der Waals surface area (Å²) in [5.74, 6) is 0.516. The molecule has 1 aromatic rings. The first-order valence-corrected chi connectivity index (χ1v) is 3.36. The van der Waals surface area contributed by atoms with Gasteiger partial charge in [0, 0.05) is 6.07 Å². The molecule has 1 rings (SSSR count). The second-order valence-corrected chi connectivity index (χ2v) is 1.59. The van der Waals surface area contributed by atoms with Crippen molar-refractivity contribution in [3.63, 3.8) is 0 Å². The highest BCUT2D eigenvalue weighted by atomic mass is 16.5. The topological polar surface area (TPSA) is 46.3 Å². The Morgan fingerprint density at radius 2 is 2.20 bits per heavy atom. The van der Waals surface area contributed by atoms with Crippen LogP contribution < -0.4 is 0 Å². The van der Waals surface area contributed by atoms with Crippen LogP contribution in [-0.4, -0.2) is 10.3 Å². The highest BCUT2D eigenvalue weighted by Crippen LogP contribution is 1.99. The third-order valence-electron chi connectivity index (χ3n) is 0.833. The van der Waals surface area contributed by atoms with Crippen LogP contribution in [0.15, 0.2) is 10.6 Å². The number of aliphatic hydroxyl groups is 1. The molecule has 1 aromatic heterocycles. The molecule has 1 N–H and O–H groups in total. The van der Waals surface area contributed by atoms with Gasteiger partial charge in [-0.2, -0.15) is 0 Å². The van der Waals surface area contributed by atoms with Crippen LogP contribution in [-0.2, 0) is 6.61 Å². The van der Waals surface area contributed by atoms with Gasteiger partial charge in [0.05, 0.1) is 5.69 Å². The van der Waals surface area contributed by atoms with Crippen LogP contribution in [0.25, 0.3) is 0 Å². The Morgan fingerprint density at radius 3 is 2.40 bits per heavy atom. The van der Waals surface area contributed by atoms with E-state index < -0.39 is 0 Å². The summed E-state index contributed by atoms with van der Waals surface area (Å²) in [5.41, 5.74) is 0.800. The molecule has 0 aliphatic rings. The Morgan fingerprint density at radius 1 is 1.60 bits per heavy atom. The third kappa shape index (κ3) is 2.64. The molecule has 0 radical (unpaired) electrons. The molecule has 0 bridgehead atoms. The average molecular weight is 143 g/mol. The summed E-state index contributed by atoms with van der Waals surface area (Å²) in [6, 6.07) is 1.69. The fourth-order valence-electron chi connectivity index (χ4n) is 0.491. The number of aromatic nitrogens is 1. The molecular formula is C7H13NO2. The van der Waals surface area contributed by atoms with Crippen LogP contribution in [0.3, 0.4) is 0 Å². The summed E-state index contributed by atoms with van der Waals surface area (Å²) >= 11 is 0. The lowest BCUT2D eigenvalue weighted by molar-refractivity contribution is 0.228. The van der Waals surface area contributed by atoms with E-state index in [2.05, 4.69) is 9.68 Å². The molecule has 0 aliphatic heterocycles. The van der Waals surface area contributed by atoms with E-state index in [0.717, 1.165) is 5.69 Å². The number of nitrogens with zero attached hydrogens (tertiary/aromatic N) is 1. The Balaban J connectivity index is 0.000000371. The van der Waals surface area contributed by atoms with Gasteiger partial charge in [-0.1, -0.05) is 19.0 Å². The standard InChI is InChI=1S/C5H7NO2.C2H6/c1-4-2-5(3-7)8-6-4;1-2/h2,7H,3H2,1H3;1-2H3. The molecule has 3 nitrogen and oxygen atoms in total. The fourth-order valence-corrected chi connectivity index (χ4v) is 0.491. The van der Waals surface area contributed by atoms with Gasteiger partial charge in [0.2, 0.25) is 0 Å². The van der Waals surface area contributed by atoms with Crippen molar-refractivity contribution in [3.05, 3.63) is 17.5 Å². The van der Waals surface area contributed by atoms with Crippen LogP contribution >= 0.6 is 0 Å². The number of hydrogen-bond donors (Lipinski definition) is 1. The lowest BCUT2D eigenvalue weighted by Gasteiger charge is -1.76. The number of hydrogen-bond acceptors (Lipinski definition) is 3. The molecule has 3 heteroatoms. The zero-order valence-corrected chi connectivity index (χ0v) is 6.59. The predicted octanol–water partition coefficient (Wildman–Crippen LogP) is 1.50. The zero-order chi connectivity index (χ0) is 7.98. The Labute approximate surface area is 60.7 Å². The lowest BCUT2D eigenvalue weighted by Crippen LogP contribution is -1.73. The highest BCUT2D eigenvalue weighted by molar-refractivity contribution is 5.01. The lowest BCUT2D eigenvalue weighted by atomic mass is 10.4. The van der Waals surface area contributed by atoms with Crippen molar-refractivity contribution in [3.8, 4) is 0 Å². The molecule has 0 atom stereocenters. The fraction of sp³-hybridized carbons (Fsp3) is 0.571. The van der Waals surface area contributed by atoms with E-state index in [1.165, 1.54) is 0 Å². The monoisotopic (exact) mass is 143 g/mol. The van der Waals surface area contributed by atoms with Crippen molar-refractivity contribution in [1.82, 2.24) is 5.16 Å². The highest BCUT2D eigenvalue weighted by Gasteiger charge is 1.94. The van der Waals surface area contributed by atoms with Crippen LogP contribution in [0.4, 0.5) is 0 Å². The summed E-state index contributed by atoms with van der Waals surface area (Å²) < 4.78 is 4.61. The largest absolute Gasteiger partial charge is 0.388 e. The number of rotatable bonds is 1. The summed E-state index contributed by atoms with van der Waals surface area (Å²) in [6.45, 7) is 5.74. The minimum Gasteiger partial charge on any atom is -0.388 e. The van der Waals surface area contributed by atoms with E-state index >= 15 is 0 Å². The van der Waals surface area contributed by atoms with Gasteiger partial charge in [-0.25, -0.2) is 0 Å². The summed E-state index contributed by atoms with van der Waals surface area (Å²) in [6.07, 6.45) is 0. The molecule has 10 heavy (non-hydrogen) atoms. The van der Waals surface area contributed by atoms with Crippen molar-refractivity contribution < 1.29 is 9.63 Å². The molecule has 0 fully saturated rings. The maximum atomic E-state index is 8.42. The van der Waals surface area contributed by atoms with Crippen molar-refractivity contribution in [2.45, 2.75) is 27.4 Å². The van der Waals surface area contributed by atoms with E-state index in [1.807, 2.05) is 20.8 Å². The number of aryl methyl sites for hydroxylation is 1. The second-order valence-electron chi connectivity index (χ2n) is 1.59. The minimum atomic E-state index is -0.0686. The predicted molar refractivity (Wildman–Crippen MR) is 38.5 cm³/mol. The molecule has 0 amide bonds. The average Bonchev–Trinajstić information content (AvgIpc) is 2.40. The molecule has 0 saturated heterocycles. The Kier molecular flexibility index (Phi) is 4.58.